The molecule has 0 aliphatic heterocycles. The van der Waals surface area contributed by atoms with E-state index in [1.807, 2.05) is 0 Å². The molecular formula is C14H23NO3. The smallest absolute Gasteiger partial charge is 0.220 e. The molecule has 0 fully saturated rings. The average molecular weight is 253 g/mol. The fraction of sp³-hybridized carbons (Fsp3) is 0.643. The molecule has 2 unspecified atom stereocenters. The first-order valence-electron chi connectivity index (χ1n) is 6.52. The van der Waals surface area contributed by atoms with E-state index in [2.05, 4.69) is 26.1 Å². The van der Waals surface area contributed by atoms with Crippen LogP contribution in [0.5, 0.6) is 0 Å². The Hall–Kier alpha value is -1.29. The molecule has 102 valence electrons. The first kappa shape index (κ1) is 14.8. The minimum Gasteiger partial charge on any atom is -0.467 e. The average Bonchev–Trinajstić information content (AvgIpc) is 2.86. The Morgan fingerprint density at radius 2 is 2.22 bits per heavy atom. The molecule has 1 rings (SSSR count). The summed E-state index contributed by atoms with van der Waals surface area (Å²) in [6, 6.07) is 3.05. The van der Waals surface area contributed by atoms with Gasteiger partial charge in [0.25, 0.3) is 0 Å². The van der Waals surface area contributed by atoms with E-state index in [9.17, 15) is 9.90 Å². The Labute approximate surface area is 108 Å². The predicted octanol–water partition coefficient (Wildman–Crippen LogP) is 2.50. The van der Waals surface area contributed by atoms with Gasteiger partial charge in [-0.3, -0.25) is 4.79 Å². The molecule has 0 spiro atoms. The van der Waals surface area contributed by atoms with Crippen molar-refractivity contribution in [2.45, 2.75) is 39.7 Å². The van der Waals surface area contributed by atoms with Gasteiger partial charge in [0.1, 0.15) is 11.8 Å². The number of carbonyl (C=O) groups is 1. The molecule has 1 aromatic heterocycles. The van der Waals surface area contributed by atoms with Gasteiger partial charge in [-0.15, -0.1) is 0 Å². The highest BCUT2D eigenvalue weighted by molar-refractivity contribution is 5.76. The van der Waals surface area contributed by atoms with Crippen LogP contribution in [0.3, 0.4) is 0 Å². The van der Waals surface area contributed by atoms with Crippen LogP contribution < -0.4 is 5.32 Å². The van der Waals surface area contributed by atoms with Crippen LogP contribution >= 0.6 is 0 Å². The Morgan fingerprint density at radius 1 is 1.50 bits per heavy atom. The number of aliphatic hydroxyl groups excluding tert-OH is 1. The molecule has 0 aliphatic carbocycles. The summed E-state index contributed by atoms with van der Waals surface area (Å²) in [5.41, 5.74) is 0. The molecular weight excluding hydrogens is 230 g/mol. The van der Waals surface area contributed by atoms with E-state index in [4.69, 9.17) is 4.42 Å². The zero-order chi connectivity index (χ0) is 13.5. The summed E-state index contributed by atoms with van der Waals surface area (Å²) in [7, 11) is 0. The van der Waals surface area contributed by atoms with Gasteiger partial charge in [-0.05, 0) is 24.0 Å². The second-order valence-electron chi connectivity index (χ2n) is 4.93. The normalized spacial score (nSPS) is 14.5. The molecule has 4 heteroatoms. The second kappa shape index (κ2) is 7.21. The highest BCUT2D eigenvalue weighted by atomic mass is 16.3. The van der Waals surface area contributed by atoms with E-state index in [1.54, 1.807) is 12.1 Å². The number of furan rings is 1. The minimum absolute atomic E-state index is 0.0361. The standard InChI is InChI=1S/C14H23NO3/c1-4-11(10(2)3)8-14(17)15-12(9-16)13-6-5-7-18-13/h5-7,10-12,16H,4,8-9H2,1-3H3,(H,15,17). The summed E-state index contributed by atoms with van der Waals surface area (Å²) in [5, 5.41) is 12.1. The lowest BCUT2D eigenvalue weighted by Crippen LogP contribution is -2.32. The van der Waals surface area contributed by atoms with Crippen LogP contribution in [0.4, 0.5) is 0 Å². The first-order chi connectivity index (χ1) is 8.58. The maximum atomic E-state index is 11.9. The Balaban J connectivity index is 2.52. The number of carbonyl (C=O) groups excluding carboxylic acids is 1. The van der Waals surface area contributed by atoms with Crippen LogP contribution in [0.2, 0.25) is 0 Å². The maximum absolute atomic E-state index is 11.9. The van der Waals surface area contributed by atoms with Crippen LogP contribution in [0.15, 0.2) is 22.8 Å². The molecule has 0 saturated heterocycles. The molecule has 0 radical (unpaired) electrons. The molecule has 0 aliphatic rings. The number of amides is 1. The van der Waals surface area contributed by atoms with Crippen LogP contribution in [0.1, 0.15) is 45.4 Å². The van der Waals surface area contributed by atoms with E-state index < -0.39 is 6.04 Å². The van der Waals surface area contributed by atoms with Gasteiger partial charge in [0.2, 0.25) is 5.91 Å². The van der Waals surface area contributed by atoms with Gasteiger partial charge >= 0.3 is 0 Å². The lowest BCUT2D eigenvalue weighted by atomic mass is 9.90. The van der Waals surface area contributed by atoms with Crippen LogP contribution in [0.25, 0.3) is 0 Å². The molecule has 2 N–H and O–H groups in total. The Bertz CT molecular complexity index is 346. The third kappa shape index (κ3) is 4.18. The topological polar surface area (TPSA) is 62.5 Å². The van der Waals surface area contributed by atoms with Crippen molar-refractivity contribution in [3.8, 4) is 0 Å². The molecule has 1 aromatic rings. The Morgan fingerprint density at radius 3 is 2.67 bits per heavy atom. The number of hydrogen-bond donors (Lipinski definition) is 2. The third-order valence-electron chi connectivity index (χ3n) is 3.32. The first-order valence-corrected chi connectivity index (χ1v) is 6.52. The maximum Gasteiger partial charge on any atom is 0.220 e. The molecule has 4 nitrogen and oxygen atoms in total. The molecule has 18 heavy (non-hydrogen) atoms. The van der Waals surface area contributed by atoms with E-state index in [-0.39, 0.29) is 12.5 Å². The van der Waals surface area contributed by atoms with Crippen molar-refractivity contribution in [2.24, 2.45) is 11.8 Å². The van der Waals surface area contributed by atoms with E-state index in [0.29, 0.717) is 24.0 Å². The fourth-order valence-electron chi connectivity index (χ4n) is 2.04. The Kier molecular flexibility index (Phi) is 5.92. The summed E-state index contributed by atoms with van der Waals surface area (Å²) >= 11 is 0. The number of rotatable bonds is 7. The van der Waals surface area contributed by atoms with Crippen molar-refractivity contribution in [1.82, 2.24) is 5.32 Å². The van der Waals surface area contributed by atoms with Crippen molar-refractivity contribution in [2.75, 3.05) is 6.61 Å². The zero-order valence-electron chi connectivity index (χ0n) is 11.3. The van der Waals surface area contributed by atoms with Crippen molar-refractivity contribution < 1.29 is 14.3 Å². The summed E-state index contributed by atoms with van der Waals surface area (Å²) in [5.74, 6) is 1.41. The predicted molar refractivity (Wildman–Crippen MR) is 69.9 cm³/mol. The number of hydrogen-bond acceptors (Lipinski definition) is 3. The van der Waals surface area contributed by atoms with Gasteiger partial charge in [-0.1, -0.05) is 27.2 Å². The van der Waals surface area contributed by atoms with Gasteiger partial charge < -0.3 is 14.8 Å². The molecule has 1 heterocycles. The van der Waals surface area contributed by atoms with Crippen molar-refractivity contribution in [3.05, 3.63) is 24.2 Å². The van der Waals surface area contributed by atoms with E-state index >= 15 is 0 Å². The van der Waals surface area contributed by atoms with Crippen LogP contribution in [-0.2, 0) is 4.79 Å². The minimum atomic E-state index is -0.447. The van der Waals surface area contributed by atoms with Gasteiger partial charge in [0.05, 0.1) is 12.9 Å². The van der Waals surface area contributed by atoms with E-state index in [1.165, 1.54) is 6.26 Å². The SMILES string of the molecule is CCC(CC(=O)NC(CO)c1ccco1)C(C)C. The number of nitrogens with one attached hydrogen (secondary N) is 1. The lowest BCUT2D eigenvalue weighted by molar-refractivity contribution is -0.123. The number of aliphatic hydroxyl groups is 1. The second-order valence-corrected chi connectivity index (χ2v) is 4.93. The van der Waals surface area contributed by atoms with Gasteiger partial charge in [0, 0.05) is 6.42 Å². The van der Waals surface area contributed by atoms with Crippen LogP contribution in [0, 0.1) is 11.8 Å². The summed E-state index contributed by atoms with van der Waals surface area (Å²) in [4.78, 5) is 11.9. The molecule has 0 bridgehead atoms. The van der Waals surface area contributed by atoms with Crippen LogP contribution in [-0.4, -0.2) is 17.6 Å². The fourth-order valence-corrected chi connectivity index (χ4v) is 2.04. The summed E-state index contributed by atoms with van der Waals surface area (Å²) in [6.07, 6.45) is 3.01. The molecule has 1 amide bonds. The molecule has 0 aromatic carbocycles. The van der Waals surface area contributed by atoms with Gasteiger partial charge in [-0.2, -0.15) is 0 Å². The summed E-state index contributed by atoms with van der Waals surface area (Å²) in [6.45, 7) is 6.18. The highest BCUT2D eigenvalue weighted by Crippen LogP contribution is 2.20. The third-order valence-corrected chi connectivity index (χ3v) is 3.32. The highest BCUT2D eigenvalue weighted by Gasteiger charge is 2.20. The monoisotopic (exact) mass is 253 g/mol. The molecule has 2 atom stereocenters. The van der Waals surface area contributed by atoms with Gasteiger partial charge in [-0.25, -0.2) is 0 Å². The molecule has 0 saturated carbocycles. The quantitative estimate of drug-likeness (QED) is 0.784. The van der Waals surface area contributed by atoms with Crippen molar-refractivity contribution in [1.29, 1.82) is 0 Å². The largest absolute Gasteiger partial charge is 0.467 e. The van der Waals surface area contributed by atoms with Crippen molar-refractivity contribution in [3.63, 3.8) is 0 Å². The zero-order valence-corrected chi connectivity index (χ0v) is 11.3. The van der Waals surface area contributed by atoms with E-state index in [0.717, 1.165) is 6.42 Å². The summed E-state index contributed by atoms with van der Waals surface area (Å²) < 4.78 is 5.19. The lowest BCUT2D eigenvalue weighted by Gasteiger charge is -2.20. The van der Waals surface area contributed by atoms with Gasteiger partial charge in [0.15, 0.2) is 0 Å². The van der Waals surface area contributed by atoms with Crippen molar-refractivity contribution >= 4 is 5.91 Å².